The van der Waals surface area contributed by atoms with Crippen LogP contribution in [0.4, 0.5) is 4.39 Å². The highest BCUT2D eigenvalue weighted by Gasteiger charge is 2.13. The number of benzene rings is 1. The van der Waals surface area contributed by atoms with Gasteiger partial charge < -0.3 is 21.1 Å². The molecule has 1 rings (SSSR count). The van der Waals surface area contributed by atoms with E-state index in [9.17, 15) is 14.0 Å². The summed E-state index contributed by atoms with van der Waals surface area (Å²) in [4.78, 5) is 23.1. The lowest BCUT2D eigenvalue weighted by molar-refractivity contribution is -0.123. The number of carbonyl (C=O) groups excluding carboxylic acids is 2. The first-order valence-corrected chi connectivity index (χ1v) is 6.11. The summed E-state index contributed by atoms with van der Waals surface area (Å²) in [5.74, 6) is -1.48. The van der Waals surface area contributed by atoms with Crippen molar-refractivity contribution in [2.75, 3.05) is 26.8 Å². The third kappa shape index (κ3) is 6.52. The molecule has 0 saturated heterocycles. The van der Waals surface area contributed by atoms with Gasteiger partial charge in [-0.25, -0.2) is 4.39 Å². The number of amides is 2. The van der Waals surface area contributed by atoms with Gasteiger partial charge in [-0.05, 0) is 12.1 Å². The Balaban J connectivity index is 0.00000400. The van der Waals surface area contributed by atoms with Gasteiger partial charge in [0.1, 0.15) is 11.9 Å². The maximum Gasteiger partial charge on any atom is 0.254 e. The maximum absolute atomic E-state index is 13.3. The van der Waals surface area contributed by atoms with Crippen molar-refractivity contribution in [3.05, 3.63) is 35.6 Å². The van der Waals surface area contributed by atoms with Crippen molar-refractivity contribution in [2.24, 2.45) is 5.73 Å². The molecule has 0 radical (unpaired) electrons. The van der Waals surface area contributed by atoms with E-state index in [4.69, 9.17) is 10.5 Å². The number of rotatable bonds is 7. The summed E-state index contributed by atoms with van der Waals surface area (Å²) >= 11 is 0. The number of ether oxygens (including phenoxy) is 1. The van der Waals surface area contributed by atoms with Crippen LogP contribution in [-0.2, 0) is 9.53 Å². The van der Waals surface area contributed by atoms with Gasteiger partial charge in [-0.1, -0.05) is 12.1 Å². The molecule has 1 aromatic carbocycles. The minimum atomic E-state index is -0.748. The summed E-state index contributed by atoms with van der Waals surface area (Å²) in [5, 5.41) is 5.04. The van der Waals surface area contributed by atoms with Crippen LogP contribution < -0.4 is 16.4 Å². The zero-order chi connectivity index (χ0) is 15.0. The molecule has 0 aliphatic heterocycles. The smallest absolute Gasteiger partial charge is 0.254 e. The highest BCUT2D eigenvalue weighted by Crippen LogP contribution is 2.05. The minimum absolute atomic E-state index is 0. The molecule has 4 N–H and O–H groups in total. The third-order valence-electron chi connectivity index (χ3n) is 2.51. The van der Waals surface area contributed by atoms with Gasteiger partial charge in [0.25, 0.3) is 5.91 Å². The van der Waals surface area contributed by atoms with Crippen molar-refractivity contribution < 1.29 is 18.7 Å². The fourth-order valence-corrected chi connectivity index (χ4v) is 1.49. The van der Waals surface area contributed by atoms with E-state index in [0.29, 0.717) is 0 Å². The van der Waals surface area contributed by atoms with Gasteiger partial charge in [-0.15, -0.1) is 12.4 Å². The average molecular weight is 320 g/mol. The van der Waals surface area contributed by atoms with Gasteiger partial charge in [0.15, 0.2) is 0 Å². The Morgan fingerprint density at radius 2 is 1.90 bits per heavy atom. The predicted octanol–water partition coefficient (Wildman–Crippen LogP) is 0.0672. The fourth-order valence-electron chi connectivity index (χ4n) is 1.49. The van der Waals surface area contributed by atoms with Crippen LogP contribution >= 0.6 is 12.4 Å². The Bertz CT molecular complexity index is 474. The van der Waals surface area contributed by atoms with E-state index in [0.717, 1.165) is 0 Å². The van der Waals surface area contributed by atoms with Gasteiger partial charge in [0, 0.05) is 20.2 Å². The van der Waals surface area contributed by atoms with Crippen LogP contribution in [0.15, 0.2) is 24.3 Å². The van der Waals surface area contributed by atoms with E-state index >= 15 is 0 Å². The second kappa shape index (κ2) is 10.1. The average Bonchev–Trinajstić information content (AvgIpc) is 2.43. The van der Waals surface area contributed by atoms with Gasteiger partial charge >= 0.3 is 0 Å². The summed E-state index contributed by atoms with van der Waals surface area (Å²) < 4.78 is 18.1. The monoisotopic (exact) mass is 319 g/mol. The van der Waals surface area contributed by atoms with Crippen LogP contribution in [0.2, 0.25) is 0 Å². The van der Waals surface area contributed by atoms with Crippen LogP contribution in [0.3, 0.4) is 0 Å². The molecule has 0 heterocycles. The van der Waals surface area contributed by atoms with Gasteiger partial charge in [0.2, 0.25) is 5.91 Å². The summed E-state index contributed by atoms with van der Waals surface area (Å²) in [5.41, 5.74) is 5.47. The Morgan fingerprint density at radius 3 is 2.52 bits per heavy atom. The van der Waals surface area contributed by atoms with Crippen LogP contribution in [0, 0.1) is 5.82 Å². The predicted molar refractivity (Wildman–Crippen MR) is 78.8 cm³/mol. The van der Waals surface area contributed by atoms with Crippen LogP contribution in [0.25, 0.3) is 0 Å². The number of hydrogen-bond acceptors (Lipinski definition) is 4. The highest BCUT2D eigenvalue weighted by molar-refractivity contribution is 5.94. The minimum Gasteiger partial charge on any atom is -0.383 e. The van der Waals surface area contributed by atoms with Crippen molar-refractivity contribution in [2.45, 2.75) is 6.04 Å². The van der Waals surface area contributed by atoms with E-state index < -0.39 is 17.8 Å². The van der Waals surface area contributed by atoms with Crippen molar-refractivity contribution >= 4 is 24.2 Å². The Kier molecular flexibility index (Phi) is 9.27. The number of nitrogens with two attached hydrogens (primary N) is 1. The first-order chi connectivity index (χ1) is 9.56. The molecule has 0 aliphatic rings. The summed E-state index contributed by atoms with van der Waals surface area (Å²) in [6.07, 6.45) is 0. The zero-order valence-electron chi connectivity index (χ0n) is 11.6. The number of carbonyl (C=O) groups is 2. The van der Waals surface area contributed by atoms with Crippen LogP contribution in [0.1, 0.15) is 10.4 Å². The molecule has 2 amide bonds. The zero-order valence-corrected chi connectivity index (χ0v) is 12.4. The van der Waals surface area contributed by atoms with Crippen molar-refractivity contribution in [1.82, 2.24) is 10.6 Å². The molecule has 118 valence electrons. The first kappa shape index (κ1) is 19.3. The second-order valence-corrected chi connectivity index (χ2v) is 4.09. The Morgan fingerprint density at radius 1 is 1.29 bits per heavy atom. The number of nitrogens with one attached hydrogen (secondary N) is 2. The highest BCUT2D eigenvalue weighted by atomic mass is 35.5. The molecular formula is C13H19ClFN3O3. The number of methoxy groups -OCH3 is 1. The van der Waals surface area contributed by atoms with Gasteiger partial charge in [-0.3, -0.25) is 9.59 Å². The SMILES string of the molecule is COCC(N)C(=O)NCCNC(=O)c1ccccc1F.Cl. The Labute approximate surface area is 128 Å². The molecule has 0 aliphatic carbocycles. The van der Waals surface area contributed by atoms with Crippen LogP contribution in [0.5, 0.6) is 0 Å². The van der Waals surface area contributed by atoms with E-state index in [1.165, 1.54) is 25.3 Å². The molecule has 1 aromatic rings. The second-order valence-electron chi connectivity index (χ2n) is 4.09. The van der Waals surface area contributed by atoms with E-state index in [-0.39, 0.29) is 43.6 Å². The molecule has 1 unspecified atom stereocenters. The lowest BCUT2D eigenvalue weighted by atomic mass is 10.2. The van der Waals surface area contributed by atoms with E-state index in [1.54, 1.807) is 6.07 Å². The molecule has 6 nitrogen and oxygen atoms in total. The molecule has 0 aromatic heterocycles. The van der Waals surface area contributed by atoms with Crippen LogP contribution in [-0.4, -0.2) is 44.7 Å². The molecule has 0 fully saturated rings. The lowest BCUT2D eigenvalue weighted by Gasteiger charge is -2.11. The molecule has 21 heavy (non-hydrogen) atoms. The normalized spacial score (nSPS) is 11.2. The van der Waals surface area contributed by atoms with E-state index in [1.807, 2.05) is 0 Å². The standard InChI is InChI=1S/C13H18FN3O3.ClH/c1-20-8-11(15)13(19)17-7-6-16-12(18)9-4-2-3-5-10(9)14;/h2-5,11H,6-8,15H2,1H3,(H,16,18)(H,17,19);1H. The maximum atomic E-state index is 13.3. The quantitative estimate of drug-likeness (QED) is 0.620. The molecule has 0 spiro atoms. The van der Waals surface area contributed by atoms with Crippen molar-refractivity contribution in [1.29, 1.82) is 0 Å². The molecule has 0 saturated carbocycles. The largest absolute Gasteiger partial charge is 0.383 e. The van der Waals surface area contributed by atoms with E-state index in [2.05, 4.69) is 10.6 Å². The molecule has 1 atom stereocenters. The van der Waals surface area contributed by atoms with Crippen molar-refractivity contribution in [3.63, 3.8) is 0 Å². The molecule has 0 bridgehead atoms. The fraction of sp³-hybridized carbons (Fsp3) is 0.385. The van der Waals surface area contributed by atoms with Gasteiger partial charge in [-0.2, -0.15) is 0 Å². The summed E-state index contributed by atoms with van der Waals surface area (Å²) in [7, 11) is 1.45. The van der Waals surface area contributed by atoms with Gasteiger partial charge in [0.05, 0.1) is 12.2 Å². The molecular weight excluding hydrogens is 301 g/mol. The third-order valence-corrected chi connectivity index (χ3v) is 2.51. The summed E-state index contributed by atoms with van der Waals surface area (Å²) in [6, 6.07) is 4.92. The molecule has 8 heteroatoms. The number of halogens is 2. The summed E-state index contributed by atoms with van der Waals surface area (Å²) in [6.45, 7) is 0.502. The first-order valence-electron chi connectivity index (χ1n) is 6.11. The van der Waals surface area contributed by atoms with Crippen molar-refractivity contribution in [3.8, 4) is 0 Å². The lowest BCUT2D eigenvalue weighted by Crippen LogP contribution is -2.45. The topological polar surface area (TPSA) is 93.4 Å². The Hall–Kier alpha value is -1.70. The number of hydrogen-bond donors (Lipinski definition) is 3.